The maximum absolute atomic E-state index is 15.0. The van der Waals surface area contributed by atoms with Gasteiger partial charge in [0, 0.05) is 28.4 Å². The number of allylic oxidation sites excluding steroid dienone is 2. The van der Waals surface area contributed by atoms with E-state index in [1.54, 1.807) is 72.5 Å². The second-order valence-corrected chi connectivity index (χ2v) is 16.4. The molecule has 2 aliphatic carbocycles. The zero-order valence-corrected chi connectivity index (χ0v) is 31.4. The molecule has 6 atom stereocenters. The van der Waals surface area contributed by atoms with Crippen LogP contribution in [0.2, 0.25) is 5.02 Å². The highest BCUT2D eigenvalue weighted by molar-refractivity contribution is 7.22. The normalized spacial score (nSPS) is 26.4. The van der Waals surface area contributed by atoms with Crippen molar-refractivity contribution in [1.29, 1.82) is 0 Å². The van der Waals surface area contributed by atoms with Crippen LogP contribution in [0.15, 0.2) is 76.7 Å². The topological polar surface area (TPSA) is 143 Å². The van der Waals surface area contributed by atoms with Gasteiger partial charge in [0.1, 0.15) is 29.6 Å². The van der Waals surface area contributed by atoms with E-state index < -0.39 is 46.8 Å². The van der Waals surface area contributed by atoms with E-state index in [-0.39, 0.29) is 37.0 Å². The Bertz CT molecular complexity index is 2510. The first-order valence-electron chi connectivity index (χ1n) is 17.8. The Kier molecular flexibility index (Phi) is 7.80. The minimum atomic E-state index is -1.32. The van der Waals surface area contributed by atoms with Gasteiger partial charge in [-0.2, -0.15) is 5.10 Å². The second-order valence-electron chi connectivity index (χ2n) is 14.9. The van der Waals surface area contributed by atoms with Gasteiger partial charge in [0.25, 0.3) is 0 Å². The number of thiophene rings is 1. The van der Waals surface area contributed by atoms with E-state index in [2.05, 4.69) is 0 Å². The molecular weight excluding hydrogens is 728 g/mol. The summed E-state index contributed by atoms with van der Waals surface area (Å²) in [5, 5.41) is 16.3. The molecule has 0 bridgehead atoms. The molecule has 1 N–H and O–H groups in total. The number of aromatic nitrogens is 2. The molecule has 3 aromatic heterocycles. The van der Waals surface area contributed by atoms with Gasteiger partial charge >= 0.3 is 0 Å². The smallest absolute Gasteiger partial charge is 0.242 e. The van der Waals surface area contributed by atoms with Crippen molar-refractivity contribution >= 4 is 73.9 Å². The quantitative estimate of drug-likeness (QED) is 0.111. The maximum Gasteiger partial charge on any atom is 0.242 e. The summed E-state index contributed by atoms with van der Waals surface area (Å²) in [6.45, 7) is 4.87. The van der Waals surface area contributed by atoms with E-state index in [1.807, 2.05) is 31.2 Å². The number of fused-ring (bicyclic) bond motifs is 5. The summed E-state index contributed by atoms with van der Waals surface area (Å²) in [7, 11) is 1.70. The zero-order chi connectivity index (χ0) is 38.0. The standard InChI is InChI=1S/C41H35ClN4O7S/c1-19-27-15-22(42)7-14-32(27)54-36(19)30-17-33(44(4)43-30)46-38(50)29-16-28-25(35(41(29,3)40(46)52)31-13-10-24(18-47)53-31)11-12-26-34(28)39(51)45(37(26)49)23-8-5-21(6-9-23)20(2)48/h5-11,13-15,17,26,28-29,34-35,47H,12,16,18H2,1-4H3/t26-,28+,29-,34-,35+,41+/m0/s1. The molecule has 2 saturated heterocycles. The van der Waals surface area contributed by atoms with E-state index >= 15 is 0 Å². The van der Waals surface area contributed by atoms with Crippen molar-refractivity contribution < 1.29 is 33.5 Å². The number of rotatable bonds is 6. The number of carbonyl (C=O) groups is 5. The van der Waals surface area contributed by atoms with Crippen LogP contribution in [0.3, 0.4) is 0 Å². The van der Waals surface area contributed by atoms with Crippen LogP contribution in [0, 0.1) is 36.0 Å². The lowest BCUT2D eigenvalue weighted by Crippen LogP contribution is -2.48. The Balaban J connectivity index is 1.12. The minimum absolute atomic E-state index is 0.130. The predicted molar refractivity (Wildman–Crippen MR) is 202 cm³/mol. The van der Waals surface area contributed by atoms with Crippen LogP contribution in [0.5, 0.6) is 0 Å². The van der Waals surface area contributed by atoms with Crippen molar-refractivity contribution in [3.63, 3.8) is 0 Å². The number of carbonyl (C=O) groups excluding carboxylic acids is 5. The highest BCUT2D eigenvalue weighted by Gasteiger charge is 2.68. The Hall–Kier alpha value is -5.17. The Morgan fingerprint density at radius 3 is 2.46 bits per heavy atom. The summed E-state index contributed by atoms with van der Waals surface area (Å²) >= 11 is 7.86. The number of halogens is 1. The van der Waals surface area contributed by atoms with Gasteiger partial charge < -0.3 is 9.52 Å². The van der Waals surface area contributed by atoms with Crippen LogP contribution in [-0.4, -0.2) is 44.3 Å². The van der Waals surface area contributed by atoms with Crippen LogP contribution in [0.25, 0.3) is 20.7 Å². The molecular formula is C41H35ClN4O7S. The molecule has 5 aromatic rings. The number of imide groups is 2. The molecule has 4 aliphatic rings. The summed E-state index contributed by atoms with van der Waals surface area (Å²) in [5.74, 6) is -4.22. The van der Waals surface area contributed by atoms with Crippen LogP contribution in [0.4, 0.5) is 11.5 Å². The molecule has 2 aromatic carbocycles. The molecule has 0 spiro atoms. The zero-order valence-electron chi connectivity index (χ0n) is 29.8. The number of nitrogens with zero attached hydrogens (tertiary/aromatic N) is 4. The first kappa shape index (κ1) is 34.6. The molecule has 13 heteroatoms. The molecule has 0 unspecified atom stereocenters. The Labute approximate surface area is 318 Å². The molecule has 9 rings (SSSR count). The van der Waals surface area contributed by atoms with Gasteiger partial charge in [0.15, 0.2) is 5.78 Å². The van der Waals surface area contributed by atoms with Crippen molar-refractivity contribution in [3.05, 3.63) is 100.0 Å². The molecule has 274 valence electrons. The summed E-state index contributed by atoms with van der Waals surface area (Å²) < 4.78 is 8.73. The molecule has 5 heterocycles. The lowest BCUT2D eigenvalue weighted by molar-refractivity contribution is -0.131. The number of ketones is 1. The van der Waals surface area contributed by atoms with Gasteiger partial charge in [0.05, 0.1) is 39.7 Å². The fraction of sp³-hybridized carbons (Fsp3) is 0.317. The number of benzene rings is 2. The lowest BCUT2D eigenvalue weighted by Gasteiger charge is -2.48. The monoisotopic (exact) mass is 762 g/mol. The summed E-state index contributed by atoms with van der Waals surface area (Å²) in [5.41, 5.74) is 1.90. The van der Waals surface area contributed by atoms with E-state index in [9.17, 15) is 29.1 Å². The molecule has 11 nitrogen and oxygen atoms in total. The third-order valence-corrected chi connectivity index (χ3v) is 13.7. The molecule has 4 amide bonds. The number of aryl methyl sites for hydroxylation is 2. The number of amides is 4. The highest BCUT2D eigenvalue weighted by Crippen LogP contribution is 2.64. The predicted octanol–water partition coefficient (Wildman–Crippen LogP) is 6.99. The van der Waals surface area contributed by atoms with Crippen LogP contribution in [0.1, 0.15) is 60.0 Å². The lowest BCUT2D eigenvalue weighted by atomic mass is 9.52. The minimum Gasteiger partial charge on any atom is -0.463 e. The van der Waals surface area contributed by atoms with Crippen molar-refractivity contribution in [2.24, 2.45) is 36.1 Å². The average Bonchev–Trinajstić information content (AvgIpc) is 3.95. The van der Waals surface area contributed by atoms with Crippen molar-refractivity contribution in [3.8, 4) is 10.6 Å². The highest BCUT2D eigenvalue weighted by atomic mass is 35.5. The number of Topliss-reactive ketones (excluding diaryl/α,β-unsaturated/α-hetero) is 1. The molecule has 2 aliphatic heterocycles. The van der Waals surface area contributed by atoms with Gasteiger partial charge in [-0.25, -0.2) is 4.90 Å². The number of hydrogen-bond acceptors (Lipinski definition) is 9. The molecule has 0 radical (unpaired) electrons. The number of aliphatic hydroxyl groups is 1. The van der Waals surface area contributed by atoms with Crippen molar-refractivity contribution in [1.82, 2.24) is 9.78 Å². The second kappa shape index (κ2) is 12.2. The summed E-state index contributed by atoms with van der Waals surface area (Å²) in [6, 6.07) is 17.2. The van der Waals surface area contributed by atoms with Crippen LogP contribution in [-0.2, 0) is 32.8 Å². The Morgan fingerprint density at radius 2 is 1.76 bits per heavy atom. The molecule has 54 heavy (non-hydrogen) atoms. The summed E-state index contributed by atoms with van der Waals surface area (Å²) in [4.78, 5) is 73.4. The number of furan rings is 1. The van der Waals surface area contributed by atoms with E-state index in [1.165, 1.54) is 16.7 Å². The summed E-state index contributed by atoms with van der Waals surface area (Å²) in [6.07, 6.45) is 2.39. The van der Waals surface area contributed by atoms with Crippen molar-refractivity contribution in [2.75, 3.05) is 9.80 Å². The maximum atomic E-state index is 15.0. The number of aliphatic hydroxyl groups excluding tert-OH is 1. The van der Waals surface area contributed by atoms with Gasteiger partial charge in [-0.05, 0) is 105 Å². The average molecular weight is 763 g/mol. The van der Waals surface area contributed by atoms with Crippen LogP contribution >= 0.6 is 22.9 Å². The molecule has 1 saturated carbocycles. The first-order chi connectivity index (χ1) is 25.8. The fourth-order valence-electron chi connectivity index (χ4n) is 9.48. The largest absolute Gasteiger partial charge is 0.463 e. The fourth-order valence-corrected chi connectivity index (χ4v) is 10.8. The molecule has 3 fully saturated rings. The van der Waals surface area contributed by atoms with E-state index in [0.717, 1.165) is 26.1 Å². The SMILES string of the molecule is CC(=O)c1ccc(N2C(=O)[C@H]3[C@H](CC=C4[C@H]3C[C@H]3C(=O)N(c5cc(-c6sc7ccc(Cl)cc7c6C)nn5C)C(=O)[C@@]3(C)[C@H]4c3ccc(CO)o3)C2=O)cc1. The third kappa shape index (κ3) is 4.75. The van der Waals surface area contributed by atoms with Gasteiger partial charge in [0.2, 0.25) is 23.6 Å². The van der Waals surface area contributed by atoms with Crippen molar-refractivity contribution in [2.45, 2.75) is 46.1 Å². The first-order valence-corrected chi connectivity index (χ1v) is 19.0. The van der Waals surface area contributed by atoms with Crippen LogP contribution < -0.4 is 9.80 Å². The number of anilines is 2. The van der Waals surface area contributed by atoms with E-state index in [4.69, 9.17) is 21.1 Å². The van der Waals surface area contributed by atoms with Gasteiger partial charge in [-0.1, -0.05) is 23.3 Å². The van der Waals surface area contributed by atoms with Gasteiger partial charge in [-0.3, -0.25) is 33.6 Å². The Morgan fingerprint density at radius 1 is 1.00 bits per heavy atom. The third-order valence-electron chi connectivity index (χ3n) is 12.1. The van der Waals surface area contributed by atoms with E-state index in [0.29, 0.717) is 39.3 Å². The number of hydrogen-bond donors (Lipinski definition) is 1. The van der Waals surface area contributed by atoms with Gasteiger partial charge in [-0.15, -0.1) is 11.3 Å².